The molecule has 1 aromatic rings. The van der Waals surface area contributed by atoms with Gasteiger partial charge in [-0.05, 0) is 30.9 Å². The van der Waals surface area contributed by atoms with E-state index in [-0.39, 0.29) is 11.9 Å². The third kappa shape index (κ3) is 3.01. The van der Waals surface area contributed by atoms with Crippen LogP contribution in [0.25, 0.3) is 0 Å². The molecule has 0 aliphatic carbocycles. The number of halogens is 1. The van der Waals surface area contributed by atoms with Crippen molar-refractivity contribution >= 4 is 28.9 Å². The summed E-state index contributed by atoms with van der Waals surface area (Å²) in [5.41, 5.74) is 1.44. The van der Waals surface area contributed by atoms with E-state index in [9.17, 15) is 9.82 Å². The number of hydrogen-bond donors (Lipinski definition) is 2. The van der Waals surface area contributed by atoms with Gasteiger partial charge < -0.3 is 14.9 Å². The van der Waals surface area contributed by atoms with Crippen LogP contribution in [0.1, 0.15) is 12.0 Å². The van der Waals surface area contributed by atoms with Crippen LogP contribution in [0.5, 0.6) is 0 Å². The van der Waals surface area contributed by atoms with Crippen LogP contribution in [-0.2, 0) is 11.2 Å². The summed E-state index contributed by atoms with van der Waals surface area (Å²) in [5.74, 6) is -0.292. The minimum Gasteiger partial charge on any atom is -0.515 e. The number of hydrogen-bond acceptors (Lipinski definition) is 3. The van der Waals surface area contributed by atoms with E-state index in [1.54, 1.807) is 6.82 Å². The van der Waals surface area contributed by atoms with Crippen LogP contribution >= 0.6 is 15.9 Å². The largest absolute Gasteiger partial charge is 0.515 e. The fourth-order valence-corrected chi connectivity index (χ4v) is 2.68. The molecule has 2 N–H and O–H groups in total. The van der Waals surface area contributed by atoms with E-state index in [0.717, 1.165) is 16.3 Å². The third-order valence-corrected chi connectivity index (χ3v) is 3.83. The lowest BCUT2D eigenvalue weighted by Gasteiger charge is -2.25. The molecule has 0 spiro atoms. The Kier molecular flexibility index (Phi) is 4.32. The maximum absolute atomic E-state index is 12.0. The maximum atomic E-state index is 12.0. The molecular weight excluding hydrogens is 309 g/mol. The molecule has 1 atom stereocenters. The fourth-order valence-electron chi connectivity index (χ4n) is 2.42. The molecule has 0 unspecified atom stereocenters. The number of carbonyl (C=O) groups excluding carboxylic acids is 1. The first-order valence-corrected chi connectivity index (χ1v) is 6.90. The average molecular weight is 324 g/mol. The zero-order valence-electron chi connectivity index (χ0n) is 10.6. The predicted molar refractivity (Wildman–Crippen MR) is 77.6 cm³/mol. The van der Waals surface area contributed by atoms with Crippen LogP contribution in [0, 0.1) is 0 Å². The van der Waals surface area contributed by atoms with Crippen molar-refractivity contribution in [2.75, 3.05) is 0 Å². The topological polar surface area (TPSA) is 60.8 Å². The molecule has 1 saturated heterocycles. The molecule has 0 saturated carbocycles. The van der Waals surface area contributed by atoms with Crippen LogP contribution in [-0.4, -0.2) is 33.9 Å². The molecule has 0 aromatic heterocycles. The Bertz CT molecular complexity index is 501. The normalized spacial score (nSPS) is 21.2. The molecule has 1 aliphatic rings. The van der Waals surface area contributed by atoms with Crippen molar-refractivity contribution in [3.8, 4) is 0 Å². The molecule has 1 heterocycles. The predicted octanol–water partition coefficient (Wildman–Crippen LogP) is 2.14. The highest BCUT2D eigenvalue weighted by Gasteiger charge is 2.39. The molecule has 4 nitrogen and oxygen atoms in total. The van der Waals surface area contributed by atoms with Crippen molar-refractivity contribution in [2.45, 2.75) is 25.7 Å². The van der Waals surface area contributed by atoms with E-state index >= 15 is 0 Å². The molecule has 1 aliphatic heterocycles. The first kappa shape index (κ1) is 14.2. The fraction of sp³-hybridized carbons (Fsp3) is 0.308. The quantitative estimate of drug-likeness (QED) is 0.509. The number of benzene rings is 1. The number of rotatable bonds is 3. The molecular formula is C13H15BBrNO3. The second-order valence-corrected chi connectivity index (χ2v) is 5.60. The Morgan fingerprint density at radius 3 is 2.63 bits per heavy atom. The summed E-state index contributed by atoms with van der Waals surface area (Å²) in [5, 5.41) is 18.8. The number of nitrogens with zero attached hydrogens (tertiary/aromatic N) is 1. The van der Waals surface area contributed by atoms with Crippen LogP contribution in [0.3, 0.4) is 0 Å². The van der Waals surface area contributed by atoms with Crippen molar-refractivity contribution in [3.05, 3.63) is 46.1 Å². The molecule has 100 valence electrons. The van der Waals surface area contributed by atoms with Gasteiger partial charge in [-0.25, -0.2) is 0 Å². The summed E-state index contributed by atoms with van der Waals surface area (Å²) in [7, 11) is -0.856. The first-order valence-electron chi connectivity index (χ1n) is 6.11. The summed E-state index contributed by atoms with van der Waals surface area (Å²) >= 11 is 3.38. The molecule has 6 heteroatoms. The Balaban J connectivity index is 2.18. The second kappa shape index (κ2) is 5.80. The van der Waals surface area contributed by atoms with Crippen molar-refractivity contribution in [1.29, 1.82) is 0 Å². The molecule has 2 rings (SSSR count). The summed E-state index contributed by atoms with van der Waals surface area (Å²) in [6, 6.07) is 7.74. The minimum atomic E-state index is -0.856. The number of amides is 1. The van der Waals surface area contributed by atoms with Gasteiger partial charge in [0.25, 0.3) is 0 Å². The van der Waals surface area contributed by atoms with Crippen LogP contribution < -0.4 is 0 Å². The Morgan fingerprint density at radius 2 is 2.11 bits per heavy atom. The third-order valence-electron chi connectivity index (χ3n) is 3.30. The highest BCUT2D eigenvalue weighted by molar-refractivity contribution is 9.10. The van der Waals surface area contributed by atoms with Crippen molar-refractivity contribution in [1.82, 2.24) is 4.81 Å². The average Bonchev–Trinajstić information content (AvgIpc) is 2.68. The monoisotopic (exact) mass is 323 g/mol. The number of aliphatic hydroxyl groups is 1. The van der Waals surface area contributed by atoms with Gasteiger partial charge in [0, 0.05) is 16.9 Å². The molecule has 1 fully saturated rings. The van der Waals surface area contributed by atoms with Gasteiger partial charge in [-0.15, -0.1) is 0 Å². The van der Waals surface area contributed by atoms with Gasteiger partial charge in [-0.1, -0.05) is 28.1 Å². The Morgan fingerprint density at radius 1 is 1.47 bits per heavy atom. The summed E-state index contributed by atoms with van der Waals surface area (Å²) in [6.07, 6.45) is 1.96. The van der Waals surface area contributed by atoms with Crippen LogP contribution in [0.4, 0.5) is 0 Å². The first-order chi connectivity index (χ1) is 9.02. The van der Waals surface area contributed by atoms with Crippen molar-refractivity contribution in [3.63, 3.8) is 0 Å². The van der Waals surface area contributed by atoms with Gasteiger partial charge in [-0.3, -0.25) is 4.79 Å². The van der Waals surface area contributed by atoms with Gasteiger partial charge in [-0.2, -0.15) is 0 Å². The summed E-state index contributed by atoms with van der Waals surface area (Å²) < 4.78 is 1.00. The molecule has 0 bridgehead atoms. The van der Waals surface area contributed by atoms with E-state index in [1.807, 2.05) is 24.3 Å². The molecule has 1 aromatic carbocycles. The highest BCUT2D eigenvalue weighted by atomic mass is 79.9. The lowest BCUT2D eigenvalue weighted by molar-refractivity contribution is -0.122. The lowest BCUT2D eigenvalue weighted by Crippen LogP contribution is -2.44. The van der Waals surface area contributed by atoms with E-state index in [0.29, 0.717) is 18.4 Å². The second-order valence-electron chi connectivity index (χ2n) is 4.69. The van der Waals surface area contributed by atoms with E-state index in [2.05, 4.69) is 15.9 Å². The molecule has 1 amide bonds. The maximum Gasteiger partial charge on any atom is 0.412 e. The number of aliphatic hydroxyl groups excluding tert-OH is 1. The van der Waals surface area contributed by atoms with Gasteiger partial charge in [0.05, 0.1) is 11.8 Å². The molecule has 19 heavy (non-hydrogen) atoms. The Labute approximate surface area is 121 Å². The van der Waals surface area contributed by atoms with E-state index in [4.69, 9.17) is 5.11 Å². The smallest absolute Gasteiger partial charge is 0.412 e. The minimum absolute atomic E-state index is 0.118. The van der Waals surface area contributed by atoms with Gasteiger partial charge in [0.1, 0.15) is 0 Å². The van der Waals surface area contributed by atoms with Crippen molar-refractivity contribution < 1.29 is 14.9 Å². The van der Waals surface area contributed by atoms with E-state index < -0.39 is 7.05 Å². The number of carbonyl (C=O) groups is 1. The van der Waals surface area contributed by atoms with Crippen LogP contribution in [0.15, 0.2) is 40.6 Å². The van der Waals surface area contributed by atoms with Gasteiger partial charge >= 0.3 is 7.05 Å². The summed E-state index contributed by atoms with van der Waals surface area (Å²) in [6.45, 7) is 1.56. The summed E-state index contributed by atoms with van der Waals surface area (Å²) in [4.78, 5) is 13.4. The zero-order chi connectivity index (χ0) is 14.0. The van der Waals surface area contributed by atoms with Crippen LogP contribution in [0.2, 0.25) is 6.82 Å². The van der Waals surface area contributed by atoms with Gasteiger partial charge in [0.15, 0.2) is 0 Å². The van der Waals surface area contributed by atoms with Gasteiger partial charge in [0.2, 0.25) is 5.91 Å². The molecule has 0 radical (unpaired) electrons. The van der Waals surface area contributed by atoms with Crippen molar-refractivity contribution in [2.24, 2.45) is 0 Å². The Hall–Kier alpha value is -1.27. The highest BCUT2D eigenvalue weighted by Crippen LogP contribution is 2.27. The standard InChI is InChI=1S/C13H15BBrNO3/c1-14(19)16-12(7-10(8-17)13(16)18)6-9-2-4-11(15)5-3-9/h2-5,8,12,17,19H,6-7H2,1H3/b10-8+/t12-/m1/s1. The zero-order valence-corrected chi connectivity index (χ0v) is 12.2. The lowest BCUT2D eigenvalue weighted by atomic mass is 9.83. The van der Waals surface area contributed by atoms with E-state index in [1.165, 1.54) is 4.81 Å². The SMILES string of the molecule is CB(O)N1C(=O)/C(=C/O)C[C@H]1Cc1ccc(Br)cc1.